The maximum Gasteiger partial charge on any atom is 0.115 e. The molecule has 3 heteroatoms. The van der Waals surface area contributed by atoms with Gasteiger partial charge in [-0.25, -0.2) is 0 Å². The number of phenols is 1. The molecule has 0 saturated heterocycles. The molecule has 0 radical (unpaired) electrons. The Balaban J connectivity index is 2.49. The molecule has 0 amide bonds. The van der Waals surface area contributed by atoms with Crippen LogP contribution >= 0.6 is 0 Å². The molecular formula is C15H25NO2. The largest absolute Gasteiger partial charge is 0.508 e. The molecule has 102 valence electrons. The van der Waals surface area contributed by atoms with Gasteiger partial charge in [0.1, 0.15) is 5.75 Å². The fourth-order valence-corrected chi connectivity index (χ4v) is 2.11. The van der Waals surface area contributed by atoms with Crippen LogP contribution < -0.4 is 5.32 Å². The van der Waals surface area contributed by atoms with Crippen LogP contribution in [-0.4, -0.2) is 22.9 Å². The fourth-order valence-electron chi connectivity index (χ4n) is 2.11. The van der Waals surface area contributed by atoms with Gasteiger partial charge in [0.15, 0.2) is 0 Å². The van der Waals surface area contributed by atoms with Crippen LogP contribution in [-0.2, 0) is 0 Å². The van der Waals surface area contributed by atoms with E-state index in [0.717, 1.165) is 18.4 Å². The topological polar surface area (TPSA) is 52.5 Å². The molecule has 0 aliphatic rings. The van der Waals surface area contributed by atoms with Crippen LogP contribution in [0.5, 0.6) is 5.75 Å². The quantitative estimate of drug-likeness (QED) is 0.698. The Kier molecular flexibility index (Phi) is 6.16. The van der Waals surface area contributed by atoms with E-state index in [9.17, 15) is 10.2 Å². The minimum absolute atomic E-state index is 0.229. The molecule has 2 atom stereocenters. The van der Waals surface area contributed by atoms with E-state index >= 15 is 0 Å². The van der Waals surface area contributed by atoms with Gasteiger partial charge in [0.05, 0.1) is 6.10 Å². The molecule has 0 aromatic heterocycles. The molecule has 0 bridgehead atoms. The van der Waals surface area contributed by atoms with Gasteiger partial charge in [-0.15, -0.1) is 0 Å². The van der Waals surface area contributed by atoms with E-state index < -0.39 is 0 Å². The molecule has 0 aliphatic carbocycles. The third-order valence-corrected chi connectivity index (χ3v) is 3.05. The van der Waals surface area contributed by atoms with E-state index in [0.29, 0.717) is 12.5 Å². The molecule has 0 saturated carbocycles. The zero-order valence-electron chi connectivity index (χ0n) is 11.6. The number of rotatable bonds is 7. The van der Waals surface area contributed by atoms with Gasteiger partial charge < -0.3 is 15.5 Å². The standard InChI is InChI=1S/C15H25NO2/c1-4-15(12-5-7-13(17)8-6-12)16-10-14(18)9-11(2)3/h5-8,11,14-18H,4,9-10H2,1-3H3. The molecule has 1 aromatic rings. The van der Waals surface area contributed by atoms with Gasteiger partial charge >= 0.3 is 0 Å². The van der Waals surface area contributed by atoms with E-state index in [-0.39, 0.29) is 17.9 Å². The van der Waals surface area contributed by atoms with Crippen LogP contribution in [0.1, 0.15) is 45.2 Å². The number of phenolic OH excluding ortho intramolecular Hbond substituents is 1. The van der Waals surface area contributed by atoms with Crippen molar-refractivity contribution in [3.05, 3.63) is 29.8 Å². The Morgan fingerprint density at radius 2 is 1.78 bits per heavy atom. The van der Waals surface area contributed by atoms with Crippen molar-refractivity contribution in [1.29, 1.82) is 0 Å². The first-order chi connectivity index (χ1) is 8.52. The highest BCUT2D eigenvalue weighted by Gasteiger charge is 2.12. The number of aliphatic hydroxyl groups excluding tert-OH is 1. The van der Waals surface area contributed by atoms with E-state index in [2.05, 4.69) is 26.1 Å². The lowest BCUT2D eigenvalue weighted by molar-refractivity contribution is 0.142. The average molecular weight is 251 g/mol. The van der Waals surface area contributed by atoms with Crippen LogP contribution in [0.25, 0.3) is 0 Å². The van der Waals surface area contributed by atoms with Gasteiger partial charge in [-0.1, -0.05) is 32.9 Å². The lowest BCUT2D eigenvalue weighted by Gasteiger charge is -2.20. The molecule has 0 fully saturated rings. The summed E-state index contributed by atoms with van der Waals surface area (Å²) < 4.78 is 0. The van der Waals surface area contributed by atoms with Crippen LogP contribution in [0.4, 0.5) is 0 Å². The van der Waals surface area contributed by atoms with Crippen LogP contribution in [0, 0.1) is 5.92 Å². The Bertz CT molecular complexity index is 335. The molecule has 1 aromatic carbocycles. The summed E-state index contributed by atoms with van der Waals surface area (Å²) in [7, 11) is 0. The molecular weight excluding hydrogens is 226 g/mol. The summed E-state index contributed by atoms with van der Waals surface area (Å²) in [6.45, 7) is 6.94. The van der Waals surface area contributed by atoms with Gasteiger partial charge in [0.25, 0.3) is 0 Å². The first kappa shape index (κ1) is 15.0. The highest BCUT2D eigenvalue weighted by molar-refractivity contribution is 5.27. The first-order valence-electron chi connectivity index (χ1n) is 6.73. The summed E-state index contributed by atoms with van der Waals surface area (Å²) >= 11 is 0. The Morgan fingerprint density at radius 3 is 2.28 bits per heavy atom. The minimum atomic E-state index is -0.295. The molecule has 3 N–H and O–H groups in total. The lowest BCUT2D eigenvalue weighted by Crippen LogP contribution is -2.31. The van der Waals surface area contributed by atoms with Crippen molar-refractivity contribution in [2.24, 2.45) is 5.92 Å². The summed E-state index contributed by atoms with van der Waals surface area (Å²) in [6, 6.07) is 7.47. The second-order valence-corrected chi connectivity index (χ2v) is 5.24. The van der Waals surface area contributed by atoms with Gasteiger partial charge in [0.2, 0.25) is 0 Å². The first-order valence-corrected chi connectivity index (χ1v) is 6.73. The molecule has 18 heavy (non-hydrogen) atoms. The van der Waals surface area contributed by atoms with E-state index in [1.807, 2.05) is 12.1 Å². The zero-order chi connectivity index (χ0) is 13.5. The third-order valence-electron chi connectivity index (χ3n) is 3.05. The third kappa shape index (κ3) is 5.07. The van der Waals surface area contributed by atoms with Crippen molar-refractivity contribution in [2.45, 2.75) is 45.8 Å². The smallest absolute Gasteiger partial charge is 0.115 e. The van der Waals surface area contributed by atoms with Gasteiger partial charge in [0, 0.05) is 12.6 Å². The highest BCUT2D eigenvalue weighted by Crippen LogP contribution is 2.19. The monoisotopic (exact) mass is 251 g/mol. The van der Waals surface area contributed by atoms with Crippen LogP contribution in [0.2, 0.25) is 0 Å². The predicted octanol–water partition coefficient (Wildman–Crippen LogP) is 2.84. The van der Waals surface area contributed by atoms with Gasteiger partial charge in [-0.3, -0.25) is 0 Å². The van der Waals surface area contributed by atoms with E-state index in [1.165, 1.54) is 0 Å². The Morgan fingerprint density at radius 1 is 1.17 bits per heavy atom. The van der Waals surface area contributed by atoms with Crippen molar-refractivity contribution < 1.29 is 10.2 Å². The summed E-state index contributed by atoms with van der Waals surface area (Å²) in [5.41, 5.74) is 1.15. The van der Waals surface area contributed by atoms with Crippen LogP contribution in [0.3, 0.4) is 0 Å². The highest BCUT2D eigenvalue weighted by atomic mass is 16.3. The van der Waals surface area contributed by atoms with Crippen molar-refractivity contribution >= 4 is 0 Å². The van der Waals surface area contributed by atoms with Crippen molar-refractivity contribution in [2.75, 3.05) is 6.54 Å². The summed E-state index contributed by atoms with van der Waals surface area (Å²) in [5, 5.41) is 22.5. The van der Waals surface area contributed by atoms with Gasteiger partial charge in [-0.05, 0) is 36.5 Å². The fraction of sp³-hybridized carbons (Fsp3) is 0.600. The summed E-state index contributed by atoms with van der Waals surface area (Å²) in [4.78, 5) is 0. The molecule has 0 heterocycles. The zero-order valence-corrected chi connectivity index (χ0v) is 11.6. The maximum absolute atomic E-state index is 9.85. The predicted molar refractivity (Wildman–Crippen MR) is 74.6 cm³/mol. The number of hydrogen-bond acceptors (Lipinski definition) is 3. The molecule has 1 rings (SSSR count). The normalized spacial score (nSPS) is 14.7. The Hall–Kier alpha value is -1.06. The van der Waals surface area contributed by atoms with Gasteiger partial charge in [-0.2, -0.15) is 0 Å². The van der Waals surface area contributed by atoms with Crippen molar-refractivity contribution in [3.63, 3.8) is 0 Å². The number of hydrogen-bond donors (Lipinski definition) is 3. The molecule has 0 spiro atoms. The second-order valence-electron chi connectivity index (χ2n) is 5.24. The number of aliphatic hydroxyl groups is 1. The minimum Gasteiger partial charge on any atom is -0.508 e. The van der Waals surface area contributed by atoms with E-state index in [4.69, 9.17) is 0 Å². The second kappa shape index (κ2) is 7.39. The molecule has 2 unspecified atom stereocenters. The lowest BCUT2D eigenvalue weighted by atomic mass is 10.0. The number of nitrogens with one attached hydrogen (secondary N) is 1. The SMILES string of the molecule is CCC(NCC(O)CC(C)C)c1ccc(O)cc1. The number of aromatic hydroxyl groups is 1. The summed E-state index contributed by atoms with van der Waals surface area (Å²) in [5.74, 6) is 0.795. The maximum atomic E-state index is 9.85. The van der Waals surface area contributed by atoms with Crippen molar-refractivity contribution in [3.8, 4) is 5.75 Å². The molecule has 0 aliphatic heterocycles. The summed E-state index contributed by atoms with van der Waals surface area (Å²) in [6.07, 6.45) is 1.48. The molecule has 3 nitrogen and oxygen atoms in total. The average Bonchev–Trinajstić information content (AvgIpc) is 2.31. The van der Waals surface area contributed by atoms with Crippen molar-refractivity contribution in [1.82, 2.24) is 5.32 Å². The van der Waals surface area contributed by atoms with E-state index in [1.54, 1.807) is 12.1 Å². The van der Waals surface area contributed by atoms with Crippen LogP contribution in [0.15, 0.2) is 24.3 Å². The Labute approximate surface area is 110 Å². The number of benzene rings is 1.